The summed E-state index contributed by atoms with van der Waals surface area (Å²) in [5.74, 6) is 0. The highest BCUT2D eigenvalue weighted by Gasteiger charge is 2.16. The van der Waals surface area contributed by atoms with Crippen LogP contribution in [0, 0.1) is 0 Å². The second-order valence-electron chi connectivity index (χ2n) is 2.84. The Balaban J connectivity index is 3.97. The summed E-state index contributed by atoms with van der Waals surface area (Å²) < 4.78 is 33.5. The third-order valence-corrected chi connectivity index (χ3v) is 2.82. The molecule has 0 aliphatic heterocycles. The van der Waals surface area contributed by atoms with Gasteiger partial charge in [0.1, 0.15) is 0 Å². The second-order valence-corrected chi connectivity index (χ2v) is 4.38. The van der Waals surface area contributed by atoms with E-state index in [4.69, 9.17) is 14.6 Å². The zero-order valence-electron chi connectivity index (χ0n) is 9.31. The van der Waals surface area contributed by atoms with Crippen LogP contribution >= 0.6 is 0 Å². The van der Waals surface area contributed by atoms with Crippen molar-refractivity contribution in [3.63, 3.8) is 0 Å². The van der Waals surface area contributed by atoms with Gasteiger partial charge in [-0.2, -0.15) is 12.7 Å². The molecule has 0 bridgehead atoms. The fraction of sp³-hybridized carbons (Fsp3) is 1.00. The molecule has 6 nitrogen and oxygen atoms in total. The molecule has 0 radical (unpaired) electrons. The molecule has 0 aliphatic rings. The number of hydrogen-bond acceptors (Lipinski definition) is 4. The number of nitrogens with two attached hydrogens (primary N) is 1. The Bertz CT molecular complexity index is 233. The number of rotatable bonds is 9. The van der Waals surface area contributed by atoms with Crippen LogP contribution in [-0.2, 0) is 19.7 Å². The predicted octanol–water partition coefficient (Wildman–Crippen LogP) is -0.435. The van der Waals surface area contributed by atoms with Gasteiger partial charge in [-0.15, -0.1) is 0 Å². The first-order chi connectivity index (χ1) is 7.02. The molecular weight excluding hydrogens is 220 g/mol. The van der Waals surface area contributed by atoms with Crippen molar-refractivity contribution in [2.75, 3.05) is 39.5 Å². The van der Waals surface area contributed by atoms with Crippen LogP contribution < -0.4 is 5.14 Å². The summed E-state index contributed by atoms with van der Waals surface area (Å²) in [6, 6.07) is 0. The van der Waals surface area contributed by atoms with Crippen LogP contribution in [0.25, 0.3) is 0 Å². The Morgan fingerprint density at radius 3 is 1.73 bits per heavy atom. The fourth-order valence-corrected chi connectivity index (χ4v) is 1.65. The lowest BCUT2D eigenvalue weighted by Gasteiger charge is -2.18. The topological polar surface area (TPSA) is 81.9 Å². The number of hydrogen-bond donors (Lipinski definition) is 1. The Morgan fingerprint density at radius 2 is 1.47 bits per heavy atom. The van der Waals surface area contributed by atoms with Gasteiger partial charge >= 0.3 is 0 Å². The first kappa shape index (κ1) is 14.8. The summed E-state index contributed by atoms with van der Waals surface area (Å²) in [7, 11) is -3.65. The fourth-order valence-electron chi connectivity index (χ4n) is 0.988. The maximum Gasteiger partial charge on any atom is 0.277 e. The van der Waals surface area contributed by atoms with Crippen molar-refractivity contribution in [1.29, 1.82) is 0 Å². The van der Waals surface area contributed by atoms with Gasteiger partial charge in [-0.1, -0.05) is 0 Å². The first-order valence-electron chi connectivity index (χ1n) is 4.95. The zero-order chi connectivity index (χ0) is 11.7. The molecule has 15 heavy (non-hydrogen) atoms. The van der Waals surface area contributed by atoms with Crippen LogP contribution in [0.4, 0.5) is 0 Å². The minimum atomic E-state index is -3.65. The molecule has 7 heteroatoms. The van der Waals surface area contributed by atoms with E-state index in [9.17, 15) is 8.42 Å². The molecule has 92 valence electrons. The molecule has 2 N–H and O–H groups in total. The lowest BCUT2D eigenvalue weighted by Crippen LogP contribution is -2.41. The van der Waals surface area contributed by atoms with Crippen molar-refractivity contribution in [3.8, 4) is 0 Å². The van der Waals surface area contributed by atoms with Crippen molar-refractivity contribution in [2.45, 2.75) is 13.8 Å². The molecule has 0 saturated carbocycles. The van der Waals surface area contributed by atoms with Crippen molar-refractivity contribution in [3.05, 3.63) is 0 Å². The van der Waals surface area contributed by atoms with Gasteiger partial charge in [0.25, 0.3) is 10.2 Å². The SMILES string of the molecule is CCOCCN(CCOCC)S(N)(=O)=O. The first-order valence-corrected chi connectivity index (χ1v) is 6.46. The van der Waals surface area contributed by atoms with E-state index in [1.165, 1.54) is 0 Å². The summed E-state index contributed by atoms with van der Waals surface area (Å²) in [5.41, 5.74) is 0. The van der Waals surface area contributed by atoms with Gasteiger partial charge in [-0.25, -0.2) is 5.14 Å². The maximum atomic E-state index is 11.1. The average molecular weight is 240 g/mol. The monoisotopic (exact) mass is 240 g/mol. The van der Waals surface area contributed by atoms with Crippen molar-refractivity contribution in [2.24, 2.45) is 5.14 Å². The van der Waals surface area contributed by atoms with Gasteiger partial charge in [-0.3, -0.25) is 0 Å². The molecule has 0 saturated heterocycles. The third kappa shape index (κ3) is 7.69. The Kier molecular flexibility index (Phi) is 7.89. The molecule has 0 fully saturated rings. The largest absolute Gasteiger partial charge is 0.380 e. The van der Waals surface area contributed by atoms with E-state index in [2.05, 4.69) is 0 Å². The molecule has 0 aromatic heterocycles. The smallest absolute Gasteiger partial charge is 0.277 e. The quantitative estimate of drug-likeness (QED) is 0.554. The standard InChI is InChI=1S/C8H20N2O4S/c1-3-13-7-5-10(15(9,11)12)6-8-14-4-2/h3-8H2,1-2H3,(H2,9,11,12). The van der Waals surface area contributed by atoms with E-state index in [0.29, 0.717) is 26.4 Å². The average Bonchev–Trinajstić information content (AvgIpc) is 2.14. The normalized spacial score (nSPS) is 12.3. The van der Waals surface area contributed by atoms with Crippen molar-refractivity contribution < 1.29 is 17.9 Å². The second kappa shape index (κ2) is 8.00. The summed E-state index contributed by atoms with van der Waals surface area (Å²) >= 11 is 0. The van der Waals surface area contributed by atoms with Gasteiger partial charge in [-0.05, 0) is 13.8 Å². The van der Waals surface area contributed by atoms with Crippen molar-refractivity contribution >= 4 is 10.2 Å². The summed E-state index contributed by atoms with van der Waals surface area (Å²) in [5, 5.41) is 5.03. The van der Waals surface area contributed by atoms with E-state index in [1.54, 1.807) is 0 Å². The van der Waals surface area contributed by atoms with E-state index >= 15 is 0 Å². The highest BCUT2D eigenvalue weighted by Crippen LogP contribution is 1.95. The van der Waals surface area contributed by atoms with Gasteiger partial charge in [0, 0.05) is 26.3 Å². The van der Waals surface area contributed by atoms with Crippen LogP contribution in [-0.4, -0.2) is 52.2 Å². The molecule has 0 atom stereocenters. The molecule has 0 heterocycles. The summed E-state index contributed by atoms with van der Waals surface area (Å²) in [6.45, 7) is 6.04. The van der Waals surface area contributed by atoms with Crippen molar-refractivity contribution in [1.82, 2.24) is 4.31 Å². The zero-order valence-corrected chi connectivity index (χ0v) is 10.1. The van der Waals surface area contributed by atoms with Crippen LogP contribution in [0.3, 0.4) is 0 Å². The van der Waals surface area contributed by atoms with Gasteiger partial charge in [0.2, 0.25) is 0 Å². The van der Waals surface area contributed by atoms with E-state index in [0.717, 1.165) is 4.31 Å². The Labute approximate surface area is 91.5 Å². The lowest BCUT2D eigenvalue weighted by atomic mass is 10.6. The Morgan fingerprint density at radius 1 is 1.07 bits per heavy atom. The minimum Gasteiger partial charge on any atom is -0.380 e. The van der Waals surface area contributed by atoms with Crippen LogP contribution in [0.15, 0.2) is 0 Å². The predicted molar refractivity (Wildman–Crippen MR) is 57.7 cm³/mol. The molecule has 0 aromatic rings. The van der Waals surface area contributed by atoms with Gasteiger partial charge in [0.15, 0.2) is 0 Å². The van der Waals surface area contributed by atoms with E-state index < -0.39 is 10.2 Å². The van der Waals surface area contributed by atoms with Gasteiger partial charge in [0.05, 0.1) is 13.2 Å². The molecule has 0 aromatic carbocycles. The van der Waals surface area contributed by atoms with Gasteiger partial charge < -0.3 is 9.47 Å². The van der Waals surface area contributed by atoms with Crippen LogP contribution in [0.2, 0.25) is 0 Å². The molecule has 0 amide bonds. The molecular formula is C8H20N2O4S. The van der Waals surface area contributed by atoms with E-state index in [-0.39, 0.29) is 13.1 Å². The van der Waals surface area contributed by atoms with E-state index in [1.807, 2.05) is 13.8 Å². The lowest BCUT2D eigenvalue weighted by molar-refractivity contribution is 0.110. The summed E-state index contributed by atoms with van der Waals surface area (Å²) in [4.78, 5) is 0. The Hall–Kier alpha value is -0.210. The molecule has 0 rings (SSSR count). The maximum absolute atomic E-state index is 11.1. The minimum absolute atomic E-state index is 0.264. The van der Waals surface area contributed by atoms with Crippen LogP contribution in [0.5, 0.6) is 0 Å². The molecule has 0 unspecified atom stereocenters. The number of ether oxygens (including phenoxy) is 2. The highest BCUT2D eigenvalue weighted by atomic mass is 32.2. The molecule has 0 spiro atoms. The summed E-state index contributed by atoms with van der Waals surface area (Å²) in [6.07, 6.45) is 0. The highest BCUT2D eigenvalue weighted by molar-refractivity contribution is 7.86. The third-order valence-electron chi connectivity index (χ3n) is 1.74. The van der Waals surface area contributed by atoms with Crippen LogP contribution in [0.1, 0.15) is 13.8 Å². The number of nitrogens with zero attached hydrogens (tertiary/aromatic N) is 1. The molecule has 0 aliphatic carbocycles.